The van der Waals surface area contributed by atoms with Crippen molar-refractivity contribution in [2.45, 2.75) is 38.1 Å². The second kappa shape index (κ2) is 4.50. The molecule has 0 saturated heterocycles. The average Bonchev–Trinajstić information content (AvgIpc) is 2.19. The number of nitrogens with zero attached hydrogens (tertiary/aromatic N) is 2. The van der Waals surface area contributed by atoms with E-state index in [2.05, 4.69) is 20.5 Å². The Morgan fingerprint density at radius 2 is 2.14 bits per heavy atom. The van der Waals surface area contributed by atoms with Gasteiger partial charge in [-0.15, -0.1) is 0 Å². The monoisotopic (exact) mass is 210 g/mol. The van der Waals surface area contributed by atoms with Crippen molar-refractivity contribution in [1.29, 1.82) is 0 Å². The fraction of sp³-hybridized carbons (Fsp3) is 0.667. The third-order valence-electron chi connectivity index (χ3n) is 2.53. The van der Waals surface area contributed by atoms with E-state index in [1.807, 2.05) is 0 Å². The summed E-state index contributed by atoms with van der Waals surface area (Å²) >= 11 is 4.90. The summed E-state index contributed by atoms with van der Waals surface area (Å²) in [7, 11) is 0. The summed E-state index contributed by atoms with van der Waals surface area (Å²) in [6.45, 7) is 0. The third kappa shape index (κ3) is 2.51. The Bertz CT molecular complexity index is 343. The van der Waals surface area contributed by atoms with Crippen LogP contribution in [0.4, 0.5) is 5.82 Å². The Hall–Kier alpha value is -0.970. The minimum absolute atomic E-state index is 0.436. The number of hydrogen-bond donors (Lipinski definition) is 2. The molecule has 14 heavy (non-hydrogen) atoms. The minimum Gasteiger partial charge on any atom is -0.366 e. The van der Waals surface area contributed by atoms with E-state index in [-0.39, 0.29) is 0 Å². The number of H-pyrrole nitrogens is 1. The standard InChI is InChI=1S/C9H14N4S/c14-9-12-8(6-10-13-9)11-7-4-2-1-3-5-7/h6-7H,1-5H2,(H2,11,12,13,14). The van der Waals surface area contributed by atoms with Crippen LogP contribution in [0, 0.1) is 4.77 Å². The van der Waals surface area contributed by atoms with Crippen molar-refractivity contribution in [3.8, 4) is 0 Å². The minimum atomic E-state index is 0.436. The summed E-state index contributed by atoms with van der Waals surface area (Å²) in [5, 5.41) is 9.88. The molecule has 1 heterocycles. The maximum absolute atomic E-state index is 4.90. The highest BCUT2D eigenvalue weighted by Gasteiger charge is 2.13. The van der Waals surface area contributed by atoms with Crippen LogP contribution >= 0.6 is 12.2 Å². The Morgan fingerprint density at radius 3 is 2.86 bits per heavy atom. The second-order valence-corrected chi connectivity index (χ2v) is 4.04. The Morgan fingerprint density at radius 1 is 1.36 bits per heavy atom. The summed E-state index contributed by atoms with van der Waals surface area (Å²) in [4.78, 5) is 4.15. The first-order chi connectivity index (χ1) is 6.84. The molecule has 0 atom stereocenters. The van der Waals surface area contributed by atoms with Gasteiger partial charge in [-0.2, -0.15) is 5.10 Å². The van der Waals surface area contributed by atoms with Crippen molar-refractivity contribution in [1.82, 2.24) is 15.2 Å². The zero-order valence-electron chi connectivity index (χ0n) is 7.99. The molecule has 0 unspecified atom stereocenters. The van der Waals surface area contributed by atoms with Gasteiger partial charge >= 0.3 is 0 Å². The topological polar surface area (TPSA) is 53.6 Å². The summed E-state index contributed by atoms with van der Waals surface area (Å²) in [5.41, 5.74) is 0. The lowest BCUT2D eigenvalue weighted by Crippen LogP contribution is -2.22. The molecule has 1 aromatic heterocycles. The molecule has 1 fully saturated rings. The van der Waals surface area contributed by atoms with Crippen molar-refractivity contribution in [3.63, 3.8) is 0 Å². The number of aromatic nitrogens is 3. The van der Waals surface area contributed by atoms with Gasteiger partial charge in [-0.3, -0.25) is 5.10 Å². The normalized spacial score (nSPS) is 18.0. The van der Waals surface area contributed by atoms with Gasteiger partial charge in [0.15, 0.2) is 0 Å². The van der Waals surface area contributed by atoms with Gasteiger partial charge in [0.05, 0.1) is 6.20 Å². The molecule has 4 nitrogen and oxygen atoms in total. The lowest BCUT2D eigenvalue weighted by Gasteiger charge is -2.22. The van der Waals surface area contributed by atoms with Crippen molar-refractivity contribution < 1.29 is 0 Å². The highest BCUT2D eigenvalue weighted by molar-refractivity contribution is 7.71. The fourth-order valence-corrected chi connectivity index (χ4v) is 1.99. The van der Waals surface area contributed by atoms with Crippen LogP contribution in [-0.4, -0.2) is 21.2 Å². The van der Waals surface area contributed by atoms with Crippen LogP contribution in [0.25, 0.3) is 0 Å². The van der Waals surface area contributed by atoms with Crippen LogP contribution in [-0.2, 0) is 0 Å². The number of nitrogens with one attached hydrogen (secondary N) is 2. The average molecular weight is 210 g/mol. The maximum atomic E-state index is 4.90. The van der Waals surface area contributed by atoms with E-state index in [1.165, 1.54) is 32.1 Å². The zero-order valence-corrected chi connectivity index (χ0v) is 8.81. The SMILES string of the molecule is S=c1nc(NC2CCCCC2)cn[nH]1. The molecule has 1 aromatic rings. The second-order valence-electron chi connectivity index (χ2n) is 3.65. The summed E-state index contributed by atoms with van der Waals surface area (Å²) in [5.74, 6) is 0.792. The molecular formula is C9H14N4S. The van der Waals surface area contributed by atoms with Gasteiger partial charge in [0, 0.05) is 6.04 Å². The molecule has 2 N–H and O–H groups in total. The van der Waals surface area contributed by atoms with E-state index >= 15 is 0 Å². The van der Waals surface area contributed by atoms with Crippen molar-refractivity contribution in [2.24, 2.45) is 0 Å². The fourth-order valence-electron chi connectivity index (χ4n) is 1.84. The number of anilines is 1. The summed E-state index contributed by atoms with van der Waals surface area (Å²) in [6, 6.07) is 0.551. The van der Waals surface area contributed by atoms with E-state index in [9.17, 15) is 0 Å². The first kappa shape index (κ1) is 9.58. The lowest BCUT2D eigenvalue weighted by molar-refractivity contribution is 0.461. The largest absolute Gasteiger partial charge is 0.366 e. The smallest absolute Gasteiger partial charge is 0.215 e. The summed E-state index contributed by atoms with van der Waals surface area (Å²) < 4.78 is 0.436. The quantitative estimate of drug-likeness (QED) is 0.735. The highest BCUT2D eigenvalue weighted by Crippen LogP contribution is 2.20. The van der Waals surface area contributed by atoms with Crippen molar-refractivity contribution in [2.75, 3.05) is 5.32 Å². The zero-order chi connectivity index (χ0) is 9.80. The van der Waals surface area contributed by atoms with Crippen LogP contribution in [0.1, 0.15) is 32.1 Å². The summed E-state index contributed by atoms with van der Waals surface area (Å²) in [6.07, 6.45) is 8.12. The predicted octanol–water partition coefficient (Wildman–Crippen LogP) is 2.28. The van der Waals surface area contributed by atoms with Crippen molar-refractivity contribution >= 4 is 18.0 Å². The number of aromatic amines is 1. The maximum Gasteiger partial charge on any atom is 0.215 e. The molecule has 0 aliphatic heterocycles. The van der Waals surface area contributed by atoms with Gasteiger partial charge in [-0.25, -0.2) is 4.98 Å². The molecule has 0 radical (unpaired) electrons. The highest BCUT2D eigenvalue weighted by atomic mass is 32.1. The van der Waals surface area contributed by atoms with Gasteiger partial charge in [0.2, 0.25) is 4.77 Å². The van der Waals surface area contributed by atoms with E-state index in [0.717, 1.165) is 5.82 Å². The number of rotatable bonds is 2. The van der Waals surface area contributed by atoms with Crippen LogP contribution < -0.4 is 5.32 Å². The Balaban J connectivity index is 1.99. The van der Waals surface area contributed by atoms with E-state index in [1.54, 1.807) is 6.20 Å². The lowest BCUT2D eigenvalue weighted by atomic mass is 9.96. The first-order valence-corrected chi connectivity index (χ1v) is 5.44. The van der Waals surface area contributed by atoms with Gasteiger partial charge in [-0.1, -0.05) is 19.3 Å². The van der Waals surface area contributed by atoms with Crippen LogP contribution in [0.15, 0.2) is 6.20 Å². The third-order valence-corrected chi connectivity index (χ3v) is 2.71. The molecule has 1 aliphatic carbocycles. The van der Waals surface area contributed by atoms with Gasteiger partial charge in [0.1, 0.15) is 5.82 Å². The van der Waals surface area contributed by atoms with E-state index in [0.29, 0.717) is 10.8 Å². The molecule has 0 aromatic carbocycles. The molecule has 0 spiro atoms. The molecule has 1 aliphatic rings. The molecule has 5 heteroatoms. The molecule has 76 valence electrons. The molecule has 0 bridgehead atoms. The predicted molar refractivity (Wildman–Crippen MR) is 57.7 cm³/mol. The Labute approximate surface area is 88.2 Å². The van der Waals surface area contributed by atoms with Crippen molar-refractivity contribution in [3.05, 3.63) is 11.0 Å². The molecular weight excluding hydrogens is 196 g/mol. The Kier molecular flexibility index (Phi) is 3.08. The molecule has 0 amide bonds. The van der Waals surface area contributed by atoms with E-state index in [4.69, 9.17) is 12.2 Å². The molecule has 1 saturated carbocycles. The van der Waals surface area contributed by atoms with Gasteiger partial charge in [-0.05, 0) is 25.1 Å². The van der Waals surface area contributed by atoms with Gasteiger partial charge < -0.3 is 5.32 Å². The van der Waals surface area contributed by atoms with Crippen LogP contribution in [0.3, 0.4) is 0 Å². The number of hydrogen-bond acceptors (Lipinski definition) is 4. The van der Waals surface area contributed by atoms with Crippen LogP contribution in [0.5, 0.6) is 0 Å². The van der Waals surface area contributed by atoms with Crippen LogP contribution in [0.2, 0.25) is 0 Å². The van der Waals surface area contributed by atoms with Gasteiger partial charge in [0.25, 0.3) is 0 Å². The van der Waals surface area contributed by atoms with E-state index < -0.39 is 0 Å². The first-order valence-electron chi connectivity index (χ1n) is 5.03. The molecule has 2 rings (SSSR count).